The molecule has 0 saturated carbocycles. The summed E-state index contributed by atoms with van der Waals surface area (Å²) in [6.07, 6.45) is 0. The quantitative estimate of drug-likeness (QED) is 0.538. The number of ether oxygens (including phenoxy) is 2. The lowest BCUT2D eigenvalue weighted by Gasteiger charge is -2.09. The molecule has 0 aliphatic carbocycles. The Morgan fingerprint density at radius 1 is 1.04 bits per heavy atom. The van der Waals surface area contributed by atoms with Crippen LogP contribution in [0.5, 0.6) is 11.5 Å². The van der Waals surface area contributed by atoms with E-state index in [2.05, 4.69) is 5.32 Å². The fourth-order valence-corrected chi connectivity index (χ4v) is 2.49. The molecule has 0 fully saturated rings. The lowest BCUT2D eigenvalue weighted by molar-refractivity contribution is -0.384. The van der Waals surface area contributed by atoms with Gasteiger partial charge in [0.2, 0.25) is 0 Å². The number of nitro benzene ring substituents is 1. The molecule has 7 nitrogen and oxygen atoms in total. The highest BCUT2D eigenvalue weighted by atomic mass is 16.6. The maximum absolute atomic E-state index is 12.1. The van der Waals surface area contributed by atoms with E-state index in [0.29, 0.717) is 11.5 Å². The number of fused-ring (bicyclic) bond motifs is 1. The molecule has 0 bridgehead atoms. The molecule has 0 aliphatic rings. The van der Waals surface area contributed by atoms with Gasteiger partial charge in [-0.15, -0.1) is 0 Å². The molecule has 0 saturated heterocycles. The van der Waals surface area contributed by atoms with E-state index < -0.39 is 10.8 Å². The summed E-state index contributed by atoms with van der Waals surface area (Å²) in [5.74, 6) is 0.386. The van der Waals surface area contributed by atoms with Crippen LogP contribution in [0.25, 0.3) is 10.8 Å². The number of nitrogens with one attached hydrogen (secondary N) is 1. The van der Waals surface area contributed by atoms with Crippen LogP contribution in [0.3, 0.4) is 0 Å². The number of nitro groups is 1. The van der Waals surface area contributed by atoms with Crippen LogP contribution in [0.1, 0.15) is 0 Å². The first-order valence-electron chi connectivity index (χ1n) is 7.81. The average molecular weight is 352 g/mol. The van der Waals surface area contributed by atoms with Crippen molar-refractivity contribution in [2.75, 3.05) is 19.0 Å². The third-order valence-electron chi connectivity index (χ3n) is 3.77. The summed E-state index contributed by atoms with van der Waals surface area (Å²) < 4.78 is 10.5. The highest BCUT2D eigenvalue weighted by molar-refractivity contribution is 5.94. The van der Waals surface area contributed by atoms with Gasteiger partial charge >= 0.3 is 0 Å². The second-order valence-electron chi connectivity index (χ2n) is 5.49. The van der Waals surface area contributed by atoms with Crippen molar-refractivity contribution in [1.29, 1.82) is 0 Å². The molecular weight excluding hydrogens is 336 g/mol. The van der Waals surface area contributed by atoms with Gasteiger partial charge < -0.3 is 14.8 Å². The van der Waals surface area contributed by atoms with Crippen molar-refractivity contribution in [3.05, 3.63) is 70.8 Å². The first-order chi connectivity index (χ1) is 12.6. The van der Waals surface area contributed by atoms with Crippen molar-refractivity contribution in [3.63, 3.8) is 0 Å². The number of anilines is 1. The molecule has 0 atom stereocenters. The van der Waals surface area contributed by atoms with E-state index in [4.69, 9.17) is 9.47 Å². The van der Waals surface area contributed by atoms with Crippen LogP contribution in [0.2, 0.25) is 0 Å². The number of carbonyl (C=O) groups is 1. The number of hydrogen-bond donors (Lipinski definition) is 1. The Kier molecular flexibility index (Phi) is 4.98. The maximum atomic E-state index is 12.1. The van der Waals surface area contributed by atoms with Gasteiger partial charge in [-0.3, -0.25) is 14.9 Å². The SMILES string of the molecule is COc1ccc(NC(=O)COc2ccc3ccccc3c2)c([N+](=O)[O-])c1. The highest BCUT2D eigenvalue weighted by Crippen LogP contribution is 2.29. The fourth-order valence-electron chi connectivity index (χ4n) is 2.49. The predicted octanol–water partition coefficient (Wildman–Crippen LogP) is 3.77. The Labute approximate surface area is 149 Å². The van der Waals surface area contributed by atoms with Gasteiger partial charge in [-0.1, -0.05) is 30.3 Å². The monoisotopic (exact) mass is 352 g/mol. The number of benzene rings is 3. The molecule has 3 rings (SSSR count). The molecule has 3 aromatic carbocycles. The molecule has 1 amide bonds. The van der Waals surface area contributed by atoms with Gasteiger partial charge in [0.05, 0.1) is 18.1 Å². The Morgan fingerprint density at radius 3 is 2.50 bits per heavy atom. The van der Waals surface area contributed by atoms with Gasteiger partial charge in [-0.25, -0.2) is 0 Å². The average Bonchev–Trinajstić information content (AvgIpc) is 2.66. The number of carbonyl (C=O) groups excluding carboxylic acids is 1. The smallest absolute Gasteiger partial charge is 0.296 e. The van der Waals surface area contributed by atoms with Crippen molar-refractivity contribution < 1.29 is 19.2 Å². The molecule has 132 valence electrons. The number of methoxy groups -OCH3 is 1. The Bertz CT molecular complexity index is 971. The minimum atomic E-state index is -0.581. The first-order valence-corrected chi connectivity index (χ1v) is 7.81. The summed E-state index contributed by atoms with van der Waals surface area (Å²) in [4.78, 5) is 22.7. The van der Waals surface area contributed by atoms with Crippen molar-refractivity contribution >= 4 is 28.1 Å². The molecule has 7 heteroatoms. The van der Waals surface area contributed by atoms with Crippen molar-refractivity contribution in [2.24, 2.45) is 0 Å². The minimum Gasteiger partial charge on any atom is -0.496 e. The summed E-state index contributed by atoms with van der Waals surface area (Å²) in [5.41, 5.74) is -0.161. The second kappa shape index (κ2) is 7.52. The molecule has 3 aromatic rings. The number of hydrogen-bond acceptors (Lipinski definition) is 5. The summed E-state index contributed by atoms with van der Waals surface area (Å²) in [5, 5.41) is 15.7. The second-order valence-corrected chi connectivity index (χ2v) is 5.49. The molecule has 0 unspecified atom stereocenters. The van der Waals surface area contributed by atoms with Crippen LogP contribution in [0.4, 0.5) is 11.4 Å². The van der Waals surface area contributed by atoms with Crippen LogP contribution in [-0.4, -0.2) is 24.5 Å². The van der Waals surface area contributed by atoms with Crippen LogP contribution < -0.4 is 14.8 Å². The third-order valence-corrected chi connectivity index (χ3v) is 3.77. The van der Waals surface area contributed by atoms with Crippen LogP contribution in [-0.2, 0) is 4.79 Å². The normalized spacial score (nSPS) is 10.3. The first kappa shape index (κ1) is 17.2. The molecule has 0 heterocycles. The van der Waals surface area contributed by atoms with Gasteiger partial charge in [-0.2, -0.15) is 0 Å². The topological polar surface area (TPSA) is 90.7 Å². The largest absolute Gasteiger partial charge is 0.496 e. The molecule has 26 heavy (non-hydrogen) atoms. The maximum Gasteiger partial charge on any atom is 0.296 e. The molecule has 0 aromatic heterocycles. The van der Waals surface area contributed by atoms with Gasteiger partial charge in [0, 0.05) is 0 Å². The predicted molar refractivity (Wildman–Crippen MR) is 97.7 cm³/mol. The summed E-state index contributed by atoms with van der Waals surface area (Å²) in [6, 6.07) is 17.5. The van der Waals surface area contributed by atoms with Crippen LogP contribution in [0.15, 0.2) is 60.7 Å². The van der Waals surface area contributed by atoms with E-state index >= 15 is 0 Å². The summed E-state index contributed by atoms with van der Waals surface area (Å²) in [6.45, 7) is -0.262. The lowest BCUT2D eigenvalue weighted by atomic mass is 10.1. The van der Waals surface area contributed by atoms with Crippen molar-refractivity contribution in [1.82, 2.24) is 0 Å². The van der Waals surface area contributed by atoms with E-state index in [-0.39, 0.29) is 18.0 Å². The van der Waals surface area contributed by atoms with Gasteiger partial charge in [-0.05, 0) is 35.0 Å². The molecular formula is C19H16N2O5. The van der Waals surface area contributed by atoms with E-state index in [9.17, 15) is 14.9 Å². The molecule has 1 N–H and O–H groups in total. The Balaban J connectivity index is 1.67. The van der Waals surface area contributed by atoms with E-state index in [1.54, 1.807) is 6.07 Å². The lowest BCUT2D eigenvalue weighted by Crippen LogP contribution is -2.20. The van der Waals surface area contributed by atoms with Crippen molar-refractivity contribution in [3.8, 4) is 11.5 Å². The molecule has 0 radical (unpaired) electrons. The number of rotatable bonds is 6. The number of nitrogens with zero attached hydrogens (tertiary/aromatic N) is 1. The van der Waals surface area contributed by atoms with Gasteiger partial charge in [0.15, 0.2) is 6.61 Å². The zero-order valence-corrected chi connectivity index (χ0v) is 14.0. The third kappa shape index (κ3) is 3.89. The van der Waals surface area contributed by atoms with E-state index in [1.807, 2.05) is 36.4 Å². The van der Waals surface area contributed by atoms with E-state index in [1.165, 1.54) is 25.3 Å². The standard InChI is InChI=1S/C19H16N2O5/c1-25-15-8-9-17(18(11-15)21(23)24)20-19(22)12-26-16-7-6-13-4-2-3-5-14(13)10-16/h2-11H,12H2,1H3,(H,20,22). The Morgan fingerprint density at radius 2 is 1.77 bits per heavy atom. The number of amides is 1. The summed E-state index contributed by atoms with van der Waals surface area (Å²) in [7, 11) is 1.41. The van der Waals surface area contributed by atoms with E-state index in [0.717, 1.165) is 10.8 Å². The highest BCUT2D eigenvalue weighted by Gasteiger charge is 2.17. The molecule has 0 aliphatic heterocycles. The zero-order valence-electron chi connectivity index (χ0n) is 14.0. The van der Waals surface area contributed by atoms with Gasteiger partial charge in [0.1, 0.15) is 17.2 Å². The zero-order chi connectivity index (χ0) is 18.5. The summed E-state index contributed by atoms with van der Waals surface area (Å²) >= 11 is 0. The van der Waals surface area contributed by atoms with Gasteiger partial charge in [0.25, 0.3) is 11.6 Å². The minimum absolute atomic E-state index is 0.0860. The fraction of sp³-hybridized carbons (Fsp3) is 0.105. The van der Waals surface area contributed by atoms with Crippen LogP contribution in [0, 0.1) is 10.1 Å². The Hall–Kier alpha value is -3.61. The van der Waals surface area contributed by atoms with Crippen LogP contribution >= 0.6 is 0 Å². The molecule has 0 spiro atoms. The van der Waals surface area contributed by atoms with Crippen molar-refractivity contribution in [2.45, 2.75) is 0 Å².